The van der Waals surface area contributed by atoms with Crippen molar-refractivity contribution in [3.63, 3.8) is 0 Å². The number of aromatic nitrogens is 4. The molecule has 0 saturated heterocycles. The first-order chi connectivity index (χ1) is 14.9. The molecule has 1 aromatic carbocycles. The fourth-order valence-electron chi connectivity index (χ4n) is 2.17. The SMILES string of the molecule is O=C(OC(=O)C(F)(F)F)c1[nH]nnc1Sc1ccc(-c2ccc(OC(F)(F)F)cn2)cc1. The van der Waals surface area contributed by atoms with Gasteiger partial charge in [-0.05, 0) is 24.3 Å². The molecule has 2 heterocycles. The van der Waals surface area contributed by atoms with Gasteiger partial charge in [0.2, 0.25) is 0 Å². The Morgan fingerprint density at radius 3 is 2.22 bits per heavy atom. The number of H-pyrrole nitrogens is 1. The van der Waals surface area contributed by atoms with Crippen molar-refractivity contribution in [2.75, 3.05) is 0 Å². The maximum Gasteiger partial charge on any atom is 0.573 e. The first-order valence-corrected chi connectivity index (χ1v) is 8.98. The number of carbonyl (C=O) groups is 2. The number of hydrogen-bond acceptors (Lipinski definition) is 8. The van der Waals surface area contributed by atoms with Gasteiger partial charge >= 0.3 is 24.5 Å². The molecule has 0 spiro atoms. The number of ether oxygens (including phenoxy) is 2. The molecule has 0 aliphatic carbocycles. The first kappa shape index (κ1) is 23.1. The molecule has 3 rings (SSSR count). The summed E-state index contributed by atoms with van der Waals surface area (Å²) in [6.45, 7) is 0. The summed E-state index contributed by atoms with van der Waals surface area (Å²) in [7, 11) is 0. The van der Waals surface area contributed by atoms with E-state index in [1.807, 2.05) is 0 Å². The largest absolute Gasteiger partial charge is 0.573 e. The van der Waals surface area contributed by atoms with Gasteiger partial charge in [0.15, 0.2) is 10.7 Å². The molecule has 0 amide bonds. The van der Waals surface area contributed by atoms with Crippen molar-refractivity contribution in [1.29, 1.82) is 0 Å². The molecule has 2 aromatic heterocycles. The Labute approximate surface area is 177 Å². The van der Waals surface area contributed by atoms with Gasteiger partial charge in [-0.1, -0.05) is 29.1 Å². The maximum atomic E-state index is 12.2. The minimum atomic E-state index is -5.35. The summed E-state index contributed by atoms with van der Waals surface area (Å²) in [6, 6.07) is 8.58. The number of pyridine rings is 1. The van der Waals surface area contributed by atoms with Crippen LogP contribution in [0.1, 0.15) is 10.5 Å². The monoisotopic (exact) mass is 478 g/mol. The van der Waals surface area contributed by atoms with Crippen molar-refractivity contribution in [3.05, 3.63) is 48.3 Å². The Kier molecular flexibility index (Phi) is 6.38. The number of hydrogen-bond donors (Lipinski definition) is 1. The summed E-state index contributed by atoms with van der Waals surface area (Å²) >= 11 is 0.833. The smallest absolute Gasteiger partial charge is 0.404 e. The highest BCUT2D eigenvalue weighted by atomic mass is 32.2. The summed E-state index contributed by atoms with van der Waals surface area (Å²) in [4.78, 5) is 26.9. The molecule has 0 radical (unpaired) electrons. The number of rotatable bonds is 5. The normalized spacial score (nSPS) is 11.8. The highest BCUT2D eigenvalue weighted by molar-refractivity contribution is 7.99. The summed E-state index contributed by atoms with van der Waals surface area (Å²) in [6.07, 6.45) is -9.28. The summed E-state index contributed by atoms with van der Waals surface area (Å²) in [5.41, 5.74) is 0.314. The second-order valence-electron chi connectivity index (χ2n) is 5.72. The van der Waals surface area contributed by atoms with Gasteiger partial charge in [-0.3, -0.25) is 4.98 Å². The molecule has 8 nitrogen and oxygen atoms in total. The molecule has 3 aromatic rings. The van der Waals surface area contributed by atoms with Crippen molar-refractivity contribution >= 4 is 23.7 Å². The van der Waals surface area contributed by atoms with Crippen LogP contribution in [0.5, 0.6) is 5.75 Å². The molecule has 15 heteroatoms. The average Bonchev–Trinajstić information content (AvgIpc) is 3.15. The standard InChI is InChI=1S/C17H8F6N4O4S/c18-16(19,20)15(29)30-14(28)12-13(26-27-25-12)32-10-4-1-8(2-5-10)11-6-3-9(7-24-11)31-17(21,22)23/h1-7H,(H,25,26,27). The molecular weight excluding hydrogens is 470 g/mol. The van der Waals surface area contributed by atoms with Crippen LogP contribution in [0.4, 0.5) is 26.3 Å². The fraction of sp³-hybridized carbons (Fsp3) is 0.118. The van der Waals surface area contributed by atoms with Gasteiger partial charge in [-0.25, -0.2) is 14.7 Å². The van der Waals surface area contributed by atoms with Crippen molar-refractivity contribution in [1.82, 2.24) is 20.4 Å². The van der Waals surface area contributed by atoms with Crippen molar-refractivity contribution in [2.45, 2.75) is 22.5 Å². The summed E-state index contributed by atoms with van der Waals surface area (Å²) < 4.78 is 80.8. The van der Waals surface area contributed by atoms with Gasteiger partial charge < -0.3 is 9.47 Å². The average molecular weight is 478 g/mol. The van der Waals surface area contributed by atoms with Crippen LogP contribution < -0.4 is 4.74 Å². The van der Waals surface area contributed by atoms with Crippen molar-refractivity contribution in [2.24, 2.45) is 0 Å². The Morgan fingerprint density at radius 1 is 0.969 bits per heavy atom. The van der Waals surface area contributed by atoms with Crippen LogP contribution in [0.2, 0.25) is 0 Å². The van der Waals surface area contributed by atoms with Gasteiger partial charge in [0.25, 0.3) is 0 Å². The molecule has 168 valence electrons. The van der Waals surface area contributed by atoms with Crippen LogP contribution in [0, 0.1) is 0 Å². The predicted octanol–water partition coefficient (Wildman–Crippen LogP) is 4.16. The molecule has 0 aliphatic heterocycles. The van der Waals surface area contributed by atoms with E-state index in [-0.39, 0.29) is 5.03 Å². The van der Waals surface area contributed by atoms with E-state index in [2.05, 4.69) is 29.9 Å². The lowest BCUT2D eigenvalue weighted by Crippen LogP contribution is -2.28. The van der Waals surface area contributed by atoms with Crippen LogP contribution in [0.3, 0.4) is 0 Å². The molecule has 0 bridgehead atoms. The van der Waals surface area contributed by atoms with E-state index in [0.717, 1.165) is 24.0 Å². The molecule has 0 saturated carbocycles. The van der Waals surface area contributed by atoms with Gasteiger partial charge in [-0.15, -0.1) is 18.3 Å². The molecule has 0 atom stereocenters. The maximum absolute atomic E-state index is 12.2. The van der Waals surface area contributed by atoms with Gasteiger partial charge in [0.1, 0.15) is 5.75 Å². The number of alkyl halides is 6. The Morgan fingerprint density at radius 2 is 1.66 bits per heavy atom. The minimum absolute atomic E-state index is 0.149. The lowest BCUT2D eigenvalue weighted by Gasteiger charge is -2.09. The zero-order chi connectivity index (χ0) is 23.5. The molecule has 0 unspecified atom stereocenters. The van der Waals surface area contributed by atoms with Gasteiger partial charge in [-0.2, -0.15) is 13.2 Å². The third-order valence-corrected chi connectivity index (χ3v) is 4.46. The zero-order valence-electron chi connectivity index (χ0n) is 15.2. The van der Waals surface area contributed by atoms with Crippen LogP contribution in [0.15, 0.2) is 52.5 Å². The van der Waals surface area contributed by atoms with Gasteiger partial charge in [0.05, 0.1) is 11.9 Å². The Bertz CT molecular complexity index is 1110. The summed E-state index contributed by atoms with van der Waals surface area (Å²) in [5.74, 6) is -4.78. The lowest BCUT2D eigenvalue weighted by molar-refractivity contribution is -0.274. The molecular formula is C17H8F6N4O4S. The van der Waals surface area contributed by atoms with Gasteiger partial charge in [0, 0.05) is 10.5 Å². The van der Waals surface area contributed by atoms with E-state index in [0.29, 0.717) is 16.2 Å². The van der Waals surface area contributed by atoms with Crippen molar-refractivity contribution in [3.8, 4) is 17.0 Å². The van der Waals surface area contributed by atoms with Crippen LogP contribution in [-0.2, 0) is 9.53 Å². The number of nitrogens with one attached hydrogen (secondary N) is 1. The highest BCUT2D eigenvalue weighted by Gasteiger charge is 2.43. The van der Waals surface area contributed by atoms with E-state index < -0.39 is 35.9 Å². The quantitative estimate of drug-likeness (QED) is 0.331. The minimum Gasteiger partial charge on any atom is -0.404 e. The molecule has 1 N–H and O–H groups in total. The second-order valence-corrected chi connectivity index (χ2v) is 6.78. The third kappa shape index (κ3) is 5.96. The van der Waals surface area contributed by atoms with Crippen molar-refractivity contribution < 1.29 is 45.4 Å². The Balaban J connectivity index is 1.69. The van der Waals surface area contributed by atoms with Crippen LogP contribution >= 0.6 is 11.8 Å². The number of carbonyl (C=O) groups excluding carboxylic acids is 2. The number of nitrogens with zero attached hydrogens (tertiary/aromatic N) is 3. The fourth-order valence-corrected chi connectivity index (χ4v) is 2.97. The van der Waals surface area contributed by atoms with E-state index in [9.17, 15) is 35.9 Å². The van der Waals surface area contributed by atoms with E-state index in [1.54, 1.807) is 12.1 Å². The second kappa shape index (κ2) is 8.86. The molecule has 0 fully saturated rings. The number of aromatic amines is 1. The topological polar surface area (TPSA) is 107 Å². The first-order valence-electron chi connectivity index (χ1n) is 8.17. The van der Waals surface area contributed by atoms with E-state index >= 15 is 0 Å². The van der Waals surface area contributed by atoms with Crippen LogP contribution in [0.25, 0.3) is 11.3 Å². The molecule has 0 aliphatic rings. The van der Waals surface area contributed by atoms with E-state index in [4.69, 9.17) is 0 Å². The Hall–Kier alpha value is -3.62. The predicted molar refractivity (Wildman–Crippen MR) is 93.3 cm³/mol. The summed E-state index contributed by atoms with van der Waals surface area (Å²) in [5, 5.41) is 8.80. The van der Waals surface area contributed by atoms with E-state index in [1.165, 1.54) is 18.2 Å². The zero-order valence-corrected chi connectivity index (χ0v) is 16.0. The number of esters is 2. The highest BCUT2D eigenvalue weighted by Crippen LogP contribution is 2.31. The number of benzene rings is 1. The van der Waals surface area contributed by atoms with Crippen LogP contribution in [-0.4, -0.2) is 44.9 Å². The third-order valence-electron chi connectivity index (χ3n) is 3.47. The molecule has 32 heavy (non-hydrogen) atoms. The lowest BCUT2D eigenvalue weighted by atomic mass is 10.1. The number of halogens is 6.